The van der Waals surface area contributed by atoms with Crippen molar-refractivity contribution in [3.05, 3.63) is 54.2 Å². The lowest BCUT2D eigenvalue weighted by Crippen LogP contribution is -2.57. The first-order chi connectivity index (χ1) is 14.2. The van der Waals surface area contributed by atoms with E-state index in [2.05, 4.69) is 15.6 Å². The normalized spacial score (nSPS) is 14.0. The van der Waals surface area contributed by atoms with E-state index in [0.717, 1.165) is 5.56 Å². The highest BCUT2D eigenvalue weighted by Crippen LogP contribution is 2.16. The summed E-state index contributed by atoms with van der Waals surface area (Å²) in [7, 11) is -1.76. The van der Waals surface area contributed by atoms with Crippen molar-refractivity contribution in [3.63, 3.8) is 0 Å². The lowest BCUT2D eigenvalue weighted by atomic mass is 9.75. The predicted octanol–water partition coefficient (Wildman–Crippen LogP) is 0.771. The number of aliphatic hydroxyl groups is 1. The number of benzene rings is 1. The number of hydrogen-bond donors (Lipinski definition) is 5. The zero-order valence-electron chi connectivity index (χ0n) is 17.3. The van der Waals surface area contributed by atoms with Crippen LogP contribution in [-0.4, -0.2) is 57.2 Å². The summed E-state index contributed by atoms with van der Waals surface area (Å²) in [5.41, 5.74) is 1.53. The van der Waals surface area contributed by atoms with Crippen LogP contribution in [0.15, 0.2) is 48.5 Å². The average molecular weight is 413 g/mol. The minimum absolute atomic E-state index is 0.0933. The highest BCUT2D eigenvalue weighted by molar-refractivity contribution is 6.43. The molecular weight excluding hydrogens is 385 g/mol. The van der Waals surface area contributed by atoms with E-state index in [1.807, 2.05) is 44.2 Å². The molecule has 3 atom stereocenters. The summed E-state index contributed by atoms with van der Waals surface area (Å²) in [5.74, 6) is -2.16. The molecule has 30 heavy (non-hydrogen) atoms. The molecule has 1 aromatic carbocycles. The summed E-state index contributed by atoms with van der Waals surface area (Å²) < 4.78 is 0. The van der Waals surface area contributed by atoms with E-state index < -0.39 is 37.0 Å². The SMILES string of the molecule is CC(C)C[C@H](NC(=O)[C@@H](NC(=O)c1cccc(-c2ccccc2)n1)C(C)O)B(O)O. The van der Waals surface area contributed by atoms with Crippen LogP contribution in [0.2, 0.25) is 0 Å². The lowest BCUT2D eigenvalue weighted by Gasteiger charge is -2.25. The quantitative estimate of drug-likeness (QED) is 0.386. The number of aliphatic hydroxyl groups excluding tert-OH is 1. The smallest absolute Gasteiger partial charge is 0.426 e. The second-order valence-electron chi connectivity index (χ2n) is 7.62. The fourth-order valence-corrected chi connectivity index (χ4v) is 2.99. The van der Waals surface area contributed by atoms with Crippen LogP contribution < -0.4 is 10.6 Å². The van der Waals surface area contributed by atoms with Gasteiger partial charge in [0.15, 0.2) is 0 Å². The fourth-order valence-electron chi connectivity index (χ4n) is 2.99. The Morgan fingerprint density at radius 1 is 1.00 bits per heavy atom. The summed E-state index contributed by atoms with van der Waals surface area (Å²) in [6.45, 7) is 5.12. The first kappa shape index (κ1) is 23.5. The minimum Gasteiger partial charge on any atom is -0.426 e. The van der Waals surface area contributed by atoms with E-state index in [4.69, 9.17) is 0 Å². The van der Waals surface area contributed by atoms with Crippen molar-refractivity contribution in [2.75, 3.05) is 0 Å². The molecule has 0 spiro atoms. The number of carbonyl (C=O) groups is 2. The van der Waals surface area contributed by atoms with E-state index in [0.29, 0.717) is 12.1 Å². The topological polar surface area (TPSA) is 132 Å². The zero-order chi connectivity index (χ0) is 22.3. The van der Waals surface area contributed by atoms with Gasteiger partial charge in [-0.3, -0.25) is 9.59 Å². The maximum Gasteiger partial charge on any atom is 0.475 e. The van der Waals surface area contributed by atoms with E-state index in [9.17, 15) is 24.7 Å². The third kappa shape index (κ3) is 6.65. The number of nitrogens with one attached hydrogen (secondary N) is 2. The van der Waals surface area contributed by atoms with Crippen molar-refractivity contribution < 1.29 is 24.7 Å². The summed E-state index contributed by atoms with van der Waals surface area (Å²) in [6, 6.07) is 13.0. The van der Waals surface area contributed by atoms with E-state index in [1.165, 1.54) is 13.0 Å². The molecule has 8 nitrogen and oxygen atoms in total. The molecule has 5 N–H and O–H groups in total. The van der Waals surface area contributed by atoms with E-state index in [-0.39, 0.29) is 11.6 Å². The van der Waals surface area contributed by atoms with E-state index >= 15 is 0 Å². The van der Waals surface area contributed by atoms with Gasteiger partial charge in [0, 0.05) is 5.56 Å². The van der Waals surface area contributed by atoms with Gasteiger partial charge in [-0.15, -0.1) is 0 Å². The monoisotopic (exact) mass is 413 g/mol. The van der Waals surface area contributed by atoms with Crippen LogP contribution in [0.3, 0.4) is 0 Å². The fraction of sp³-hybridized carbons (Fsp3) is 0.381. The van der Waals surface area contributed by atoms with E-state index in [1.54, 1.807) is 12.1 Å². The van der Waals surface area contributed by atoms with Gasteiger partial charge in [-0.05, 0) is 31.4 Å². The molecule has 9 heteroatoms. The second-order valence-corrected chi connectivity index (χ2v) is 7.62. The van der Waals surface area contributed by atoms with Gasteiger partial charge in [-0.2, -0.15) is 0 Å². The number of hydrogen-bond acceptors (Lipinski definition) is 6. The standard InChI is InChI=1S/C21H28BN3O5/c1-13(2)12-18(22(29)30)24-21(28)19(14(3)26)25-20(27)17-11-7-10-16(23-17)15-8-5-4-6-9-15/h4-11,13-14,18-19,26,29-30H,12H2,1-3H3,(H,24,28)(H,25,27)/t14?,18-,19-/m0/s1. The van der Waals surface area contributed by atoms with Crippen LogP contribution in [-0.2, 0) is 4.79 Å². The number of nitrogens with zero attached hydrogens (tertiary/aromatic N) is 1. The van der Waals surface area contributed by atoms with Gasteiger partial charge in [0.1, 0.15) is 11.7 Å². The summed E-state index contributed by atoms with van der Waals surface area (Å²) in [5, 5.41) is 34.0. The Hall–Kier alpha value is -2.75. The minimum atomic E-state index is -1.76. The first-order valence-corrected chi connectivity index (χ1v) is 9.87. The molecule has 0 aliphatic heterocycles. The summed E-state index contributed by atoms with van der Waals surface area (Å²) >= 11 is 0. The molecule has 1 heterocycles. The van der Waals surface area contributed by atoms with Crippen LogP contribution in [0.4, 0.5) is 0 Å². The third-order valence-corrected chi connectivity index (χ3v) is 4.52. The second kappa shape index (κ2) is 10.9. The molecule has 2 amide bonds. The molecule has 0 aliphatic carbocycles. The van der Waals surface area contributed by atoms with Crippen LogP contribution >= 0.6 is 0 Å². The maximum atomic E-state index is 12.7. The van der Waals surface area contributed by atoms with Gasteiger partial charge < -0.3 is 25.8 Å². The molecular formula is C21H28BN3O5. The van der Waals surface area contributed by atoms with Gasteiger partial charge in [0.2, 0.25) is 5.91 Å². The Balaban J connectivity index is 2.14. The predicted molar refractivity (Wildman–Crippen MR) is 114 cm³/mol. The molecule has 0 fully saturated rings. The molecule has 2 rings (SSSR count). The first-order valence-electron chi connectivity index (χ1n) is 9.87. The summed E-state index contributed by atoms with van der Waals surface area (Å²) in [6.07, 6.45) is -0.883. The number of amides is 2. The number of carbonyl (C=O) groups excluding carboxylic acids is 2. The molecule has 0 saturated heterocycles. The van der Waals surface area contributed by atoms with Crippen LogP contribution in [0.5, 0.6) is 0 Å². The average Bonchev–Trinajstić information content (AvgIpc) is 2.71. The largest absolute Gasteiger partial charge is 0.475 e. The van der Waals surface area contributed by atoms with Crippen LogP contribution in [0.25, 0.3) is 11.3 Å². The maximum absolute atomic E-state index is 12.7. The van der Waals surface area contributed by atoms with Crippen LogP contribution in [0, 0.1) is 5.92 Å². The molecule has 0 bridgehead atoms. The van der Waals surface area contributed by atoms with Crippen molar-refractivity contribution in [2.24, 2.45) is 5.92 Å². The molecule has 0 radical (unpaired) electrons. The van der Waals surface area contributed by atoms with Crippen molar-refractivity contribution in [1.82, 2.24) is 15.6 Å². The van der Waals surface area contributed by atoms with Crippen molar-refractivity contribution in [1.29, 1.82) is 0 Å². The lowest BCUT2D eigenvalue weighted by molar-refractivity contribution is -0.125. The highest BCUT2D eigenvalue weighted by Gasteiger charge is 2.32. The molecule has 0 aliphatic rings. The Morgan fingerprint density at radius 2 is 1.67 bits per heavy atom. The zero-order valence-corrected chi connectivity index (χ0v) is 17.3. The highest BCUT2D eigenvalue weighted by atomic mass is 16.4. The molecule has 2 aromatic rings. The van der Waals surface area contributed by atoms with Gasteiger partial charge >= 0.3 is 7.12 Å². The Labute approximate surface area is 176 Å². The van der Waals surface area contributed by atoms with Gasteiger partial charge in [0.05, 0.1) is 17.7 Å². The number of pyridine rings is 1. The van der Waals surface area contributed by atoms with Crippen LogP contribution in [0.1, 0.15) is 37.7 Å². The van der Waals surface area contributed by atoms with Crippen molar-refractivity contribution in [2.45, 2.75) is 45.3 Å². The van der Waals surface area contributed by atoms with Crippen molar-refractivity contribution >= 4 is 18.9 Å². The van der Waals surface area contributed by atoms with Gasteiger partial charge in [-0.1, -0.05) is 50.2 Å². The van der Waals surface area contributed by atoms with Gasteiger partial charge in [0.25, 0.3) is 5.91 Å². The van der Waals surface area contributed by atoms with Crippen molar-refractivity contribution in [3.8, 4) is 11.3 Å². The Kier molecular flexibility index (Phi) is 8.52. The molecule has 1 aromatic heterocycles. The summed E-state index contributed by atoms with van der Waals surface area (Å²) in [4.78, 5) is 29.6. The number of rotatable bonds is 9. The number of aromatic nitrogens is 1. The Morgan fingerprint density at radius 3 is 2.23 bits per heavy atom. The third-order valence-electron chi connectivity index (χ3n) is 4.52. The molecule has 160 valence electrons. The molecule has 1 unspecified atom stereocenters. The molecule has 0 saturated carbocycles. The Bertz CT molecular complexity index is 846. The van der Waals surface area contributed by atoms with Gasteiger partial charge in [-0.25, -0.2) is 4.98 Å².